The van der Waals surface area contributed by atoms with Crippen LogP contribution in [-0.2, 0) is 30.5 Å². The van der Waals surface area contributed by atoms with Gasteiger partial charge in [-0.1, -0.05) is 81.4 Å². The van der Waals surface area contributed by atoms with Gasteiger partial charge >= 0.3 is 11.4 Å². The van der Waals surface area contributed by atoms with E-state index in [2.05, 4.69) is 17.4 Å². The van der Waals surface area contributed by atoms with Crippen molar-refractivity contribution in [2.24, 2.45) is 17.8 Å². The van der Waals surface area contributed by atoms with Gasteiger partial charge < -0.3 is 14.8 Å². The zero-order chi connectivity index (χ0) is 28.8. The Morgan fingerprint density at radius 3 is 1.95 bits per heavy atom. The number of carbonyl (C=O) groups excluding carboxylic acids is 4. The van der Waals surface area contributed by atoms with Crippen molar-refractivity contribution in [3.63, 3.8) is 0 Å². The fraction of sp³-hybridized carbons (Fsp3) is 0.312. The molecule has 0 fully saturated rings. The number of Topliss-reactive ketones (excluding diaryl/α,β-unsaturated/α-hetero) is 1. The van der Waals surface area contributed by atoms with Gasteiger partial charge in [-0.2, -0.15) is 0 Å². The molecule has 0 saturated heterocycles. The largest absolute Gasteiger partial charge is 0.464 e. The predicted molar refractivity (Wildman–Crippen MR) is 153 cm³/mol. The SMILES string of the molecule is CC(C)[C@@H](C(=O)C[C@@H](C)C(=O)Nc1ccc(COC(=O)Cl)cc1)C(=O)OCC1c2ccccc2-c2ccccc21. The number of carbonyl (C=O) groups is 4. The maximum absolute atomic E-state index is 13.2. The first-order valence-corrected chi connectivity index (χ1v) is 13.6. The molecule has 0 unspecified atom stereocenters. The first-order chi connectivity index (χ1) is 19.2. The second-order valence-electron chi connectivity index (χ2n) is 10.4. The van der Waals surface area contributed by atoms with Crippen molar-refractivity contribution in [3.8, 4) is 11.1 Å². The van der Waals surface area contributed by atoms with E-state index < -0.39 is 23.2 Å². The summed E-state index contributed by atoms with van der Waals surface area (Å²) in [6.45, 7) is 5.42. The lowest BCUT2D eigenvalue weighted by Crippen LogP contribution is -2.34. The minimum Gasteiger partial charge on any atom is -0.464 e. The number of ketones is 1. The third-order valence-corrected chi connectivity index (χ3v) is 7.26. The maximum Gasteiger partial charge on any atom is 0.404 e. The highest BCUT2D eigenvalue weighted by molar-refractivity contribution is 6.61. The Bertz CT molecular complexity index is 1360. The quantitative estimate of drug-likeness (QED) is 0.158. The number of esters is 1. The number of anilines is 1. The van der Waals surface area contributed by atoms with E-state index in [9.17, 15) is 19.2 Å². The van der Waals surface area contributed by atoms with Gasteiger partial charge in [-0.3, -0.25) is 14.4 Å². The monoisotopic (exact) mass is 561 g/mol. The van der Waals surface area contributed by atoms with Gasteiger partial charge in [0.05, 0.1) is 0 Å². The molecule has 1 aliphatic rings. The van der Waals surface area contributed by atoms with Gasteiger partial charge in [0.15, 0.2) is 0 Å². The van der Waals surface area contributed by atoms with E-state index in [1.54, 1.807) is 45.0 Å². The van der Waals surface area contributed by atoms with Gasteiger partial charge in [0, 0.05) is 35.5 Å². The molecule has 1 amide bonds. The van der Waals surface area contributed by atoms with Gasteiger partial charge in [-0.15, -0.1) is 0 Å². The van der Waals surface area contributed by atoms with Gasteiger partial charge in [-0.25, -0.2) is 4.79 Å². The van der Waals surface area contributed by atoms with Crippen LogP contribution in [0.1, 0.15) is 49.8 Å². The molecule has 8 heteroatoms. The Balaban J connectivity index is 1.35. The van der Waals surface area contributed by atoms with Crippen LogP contribution >= 0.6 is 11.6 Å². The summed E-state index contributed by atoms with van der Waals surface area (Å²) in [6, 6.07) is 22.9. The van der Waals surface area contributed by atoms with Crippen LogP contribution in [0.25, 0.3) is 11.1 Å². The van der Waals surface area contributed by atoms with Gasteiger partial charge in [0.25, 0.3) is 0 Å². The highest BCUT2D eigenvalue weighted by atomic mass is 35.5. The van der Waals surface area contributed by atoms with Crippen molar-refractivity contribution < 1.29 is 28.7 Å². The second-order valence-corrected chi connectivity index (χ2v) is 10.7. The van der Waals surface area contributed by atoms with E-state index in [1.165, 1.54) is 0 Å². The van der Waals surface area contributed by atoms with E-state index in [-0.39, 0.29) is 43.2 Å². The molecule has 0 aromatic heterocycles. The molecule has 0 radical (unpaired) electrons. The molecule has 208 valence electrons. The van der Waals surface area contributed by atoms with Crippen molar-refractivity contribution in [2.75, 3.05) is 11.9 Å². The van der Waals surface area contributed by atoms with E-state index in [4.69, 9.17) is 21.1 Å². The Hall–Kier alpha value is -3.97. The van der Waals surface area contributed by atoms with E-state index in [0.717, 1.165) is 22.3 Å². The average molecular weight is 562 g/mol. The van der Waals surface area contributed by atoms with Crippen molar-refractivity contribution in [3.05, 3.63) is 89.5 Å². The van der Waals surface area contributed by atoms with Crippen molar-refractivity contribution >= 4 is 40.4 Å². The Morgan fingerprint density at radius 2 is 1.40 bits per heavy atom. The summed E-state index contributed by atoms with van der Waals surface area (Å²) in [5.41, 5.74) is 4.80. The van der Waals surface area contributed by atoms with Crippen LogP contribution < -0.4 is 5.32 Å². The Kier molecular flexibility index (Phi) is 9.38. The number of nitrogens with one attached hydrogen (secondary N) is 1. The number of halogens is 1. The Morgan fingerprint density at radius 1 is 0.825 bits per heavy atom. The molecule has 7 nitrogen and oxygen atoms in total. The summed E-state index contributed by atoms with van der Waals surface area (Å²) in [6.07, 6.45) is -0.0946. The molecular formula is C32H32ClNO6. The van der Waals surface area contributed by atoms with Crippen LogP contribution in [0.3, 0.4) is 0 Å². The van der Waals surface area contributed by atoms with Crippen LogP contribution in [0.4, 0.5) is 10.5 Å². The molecule has 1 aliphatic carbocycles. The number of ether oxygens (including phenoxy) is 2. The lowest BCUT2D eigenvalue weighted by molar-refractivity contribution is -0.154. The number of hydrogen-bond acceptors (Lipinski definition) is 6. The summed E-state index contributed by atoms with van der Waals surface area (Å²) < 4.78 is 10.5. The third-order valence-electron chi connectivity index (χ3n) is 7.15. The summed E-state index contributed by atoms with van der Waals surface area (Å²) in [5.74, 6) is -3.25. The molecule has 0 bridgehead atoms. The molecule has 0 heterocycles. The molecule has 2 atom stereocenters. The summed E-state index contributed by atoms with van der Waals surface area (Å²) >= 11 is 5.17. The first-order valence-electron chi connectivity index (χ1n) is 13.2. The topological polar surface area (TPSA) is 98.8 Å². The number of fused-ring (bicyclic) bond motifs is 3. The summed E-state index contributed by atoms with van der Waals surface area (Å²) in [5, 5.41) is 2.78. The van der Waals surface area contributed by atoms with Crippen molar-refractivity contribution in [2.45, 2.75) is 39.7 Å². The molecular weight excluding hydrogens is 530 g/mol. The molecule has 1 N–H and O–H groups in total. The van der Waals surface area contributed by atoms with E-state index in [0.29, 0.717) is 11.3 Å². The predicted octanol–water partition coefficient (Wildman–Crippen LogP) is 6.72. The molecule has 40 heavy (non-hydrogen) atoms. The maximum atomic E-state index is 13.2. The molecule has 3 aromatic rings. The van der Waals surface area contributed by atoms with Crippen LogP contribution in [0.5, 0.6) is 0 Å². The average Bonchev–Trinajstić information content (AvgIpc) is 3.25. The molecule has 4 rings (SSSR count). The van der Waals surface area contributed by atoms with Crippen LogP contribution in [0.2, 0.25) is 0 Å². The highest BCUT2D eigenvalue weighted by Gasteiger charge is 2.35. The first kappa shape index (κ1) is 29.0. The zero-order valence-corrected chi connectivity index (χ0v) is 23.4. The fourth-order valence-electron chi connectivity index (χ4n) is 5.08. The van der Waals surface area contributed by atoms with Crippen molar-refractivity contribution in [1.29, 1.82) is 0 Å². The third kappa shape index (κ3) is 6.77. The van der Waals surface area contributed by atoms with Crippen molar-refractivity contribution in [1.82, 2.24) is 0 Å². The molecule has 0 spiro atoms. The van der Waals surface area contributed by atoms with E-state index >= 15 is 0 Å². The lowest BCUT2D eigenvalue weighted by atomic mass is 9.87. The van der Waals surface area contributed by atoms with Crippen LogP contribution in [0, 0.1) is 17.8 Å². The summed E-state index contributed by atoms with van der Waals surface area (Å²) in [4.78, 5) is 49.9. The summed E-state index contributed by atoms with van der Waals surface area (Å²) in [7, 11) is 0. The fourth-order valence-corrected chi connectivity index (χ4v) is 5.14. The van der Waals surface area contributed by atoms with E-state index in [1.807, 2.05) is 36.4 Å². The smallest absolute Gasteiger partial charge is 0.404 e. The number of hydrogen-bond donors (Lipinski definition) is 1. The van der Waals surface area contributed by atoms with Crippen LogP contribution in [0.15, 0.2) is 72.8 Å². The second kappa shape index (κ2) is 12.9. The number of benzene rings is 3. The lowest BCUT2D eigenvalue weighted by Gasteiger charge is -2.22. The number of rotatable bonds is 11. The van der Waals surface area contributed by atoms with Gasteiger partial charge in [-0.05, 0) is 45.9 Å². The standard InChI is InChI=1S/C32H32ClNO6/c1-19(2)29(28(35)16-20(3)30(36)34-22-14-12-21(13-15-22)17-40-32(33)38)31(37)39-18-27-25-10-6-4-8-23(25)24-9-5-7-11-26(24)27/h4-15,19-20,27,29H,16-18H2,1-3H3,(H,34,36)/t20-,29+/m1/s1. The highest BCUT2D eigenvalue weighted by Crippen LogP contribution is 2.44. The molecule has 0 saturated carbocycles. The van der Waals surface area contributed by atoms with Gasteiger partial charge in [0.2, 0.25) is 5.91 Å². The molecule has 0 aliphatic heterocycles. The number of amides is 1. The minimum absolute atomic E-state index is 0.0217. The van der Waals surface area contributed by atoms with Gasteiger partial charge in [0.1, 0.15) is 24.9 Å². The zero-order valence-electron chi connectivity index (χ0n) is 22.7. The normalized spacial score (nSPS) is 13.6. The van der Waals surface area contributed by atoms with Crippen LogP contribution in [-0.4, -0.2) is 29.7 Å². The minimum atomic E-state index is -0.967. The Labute approximate surface area is 238 Å². The molecule has 3 aromatic carbocycles.